The summed E-state index contributed by atoms with van der Waals surface area (Å²) in [5.41, 5.74) is 0. The Morgan fingerprint density at radius 2 is 2.00 bits per heavy atom. The first-order chi connectivity index (χ1) is 5.87. The molecule has 0 unspecified atom stereocenters. The minimum atomic E-state index is -1.71. The smallest absolute Gasteiger partial charge is 0.423 e. The van der Waals surface area contributed by atoms with E-state index in [1.165, 1.54) is 0 Å². The van der Waals surface area contributed by atoms with E-state index in [9.17, 15) is 9.59 Å². The van der Waals surface area contributed by atoms with Crippen molar-refractivity contribution in [3.63, 3.8) is 0 Å². The fourth-order valence-electron chi connectivity index (χ4n) is 0.320. The standard InChI is InChI=1S/C6H4Cl3O4/c1-4(13-3-10)5(11)12-2-6(7,8)9/h1-2H2. The largest absolute Gasteiger partial charge is 0.455 e. The molecule has 0 saturated carbocycles. The van der Waals surface area contributed by atoms with Crippen LogP contribution in [0.1, 0.15) is 0 Å². The molecule has 0 atom stereocenters. The first-order valence-electron chi connectivity index (χ1n) is 2.83. The molecule has 13 heavy (non-hydrogen) atoms. The first-order valence-corrected chi connectivity index (χ1v) is 3.97. The summed E-state index contributed by atoms with van der Waals surface area (Å²) in [5.74, 6) is -1.51. The highest BCUT2D eigenvalue weighted by Crippen LogP contribution is 2.26. The van der Waals surface area contributed by atoms with E-state index < -0.39 is 22.1 Å². The monoisotopic (exact) mass is 245 g/mol. The molecule has 0 bridgehead atoms. The van der Waals surface area contributed by atoms with Gasteiger partial charge in [-0.2, -0.15) is 0 Å². The Kier molecular flexibility index (Phi) is 5.13. The zero-order valence-electron chi connectivity index (χ0n) is 6.18. The van der Waals surface area contributed by atoms with E-state index in [0.29, 0.717) is 0 Å². The summed E-state index contributed by atoms with van der Waals surface area (Å²) >= 11 is 15.8. The molecule has 0 spiro atoms. The van der Waals surface area contributed by atoms with Gasteiger partial charge in [-0.25, -0.2) is 9.59 Å². The fraction of sp³-hybridized carbons (Fsp3) is 0.333. The van der Waals surface area contributed by atoms with E-state index in [0.717, 1.165) is 6.47 Å². The van der Waals surface area contributed by atoms with Crippen molar-refractivity contribution < 1.29 is 19.1 Å². The number of carbonyl (C=O) groups excluding carboxylic acids is 2. The molecular weight excluding hydrogens is 242 g/mol. The molecule has 4 nitrogen and oxygen atoms in total. The fourth-order valence-corrected chi connectivity index (χ4v) is 0.483. The maximum Gasteiger partial charge on any atom is 0.423 e. The lowest BCUT2D eigenvalue weighted by atomic mass is 10.6. The second-order valence-corrected chi connectivity index (χ2v) is 4.32. The molecule has 1 radical (unpaired) electrons. The average Bonchev–Trinajstić information content (AvgIpc) is 1.99. The van der Waals surface area contributed by atoms with E-state index >= 15 is 0 Å². The Balaban J connectivity index is 3.88. The molecule has 0 aromatic heterocycles. The summed E-state index contributed by atoms with van der Waals surface area (Å²) in [5, 5.41) is 0. The van der Waals surface area contributed by atoms with Crippen LogP contribution < -0.4 is 0 Å². The molecule has 0 aromatic carbocycles. The molecule has 0 fully saturated rings. The maximum atomic E-state index is 10.8. The van der Waals surface area contributed by atoms with Crippen molar-refractivity contribution in [3.05, 3.63) is 12.3 Å². The molecule has 0 aromatic rings. The number of ether oxygens (including phenoxy) is 2. The van der Waals surface area contributed by atoms with Crippen LogP contribution in [0.25, 0.3) is 0 Å². The molecule has 0 heterocycles. The third-order valence-corrected chi connectivity index (χ3v) is 1.09. The zero-order valence-corrected chi connectivity index (χ0v) is 8.45. The Morgan fingerprint density at radius 1 is 1.46 bits per heavy atom. The lowest BCUT2D eigenvalue weighted by Crippen LogP contribution is -2.18. The molecule has 7 heteroatoms. The van der Waals surface area contributed by atoms with Gasteiger partial charge in [0.15, 0.2) is 0 Å². The lowest BCUT2D eigenvalue weighted by Gasteiger charge is -2.10. The normalized spacial score (nSPS) is 10.4. The number of hydrogen-bond acceptors (Lipinski definition) is 4. The van der Waals surface area contributed by atoms with Crippen molar-refractivity contribution in [2.24, 2.45) is 0 Å². The molecule has 0 aliphatic carbocycles. The molecule has 0 N–H and O–H groups in total. The summed E-state index contributed by atoms with van der Waals surface area (Å²) in [7, 11) is 0. The Morgan fingerprint density at radius 3 is 2.38 bits per heavy atom. The lowest BCUT2D eigenvalue weighted by molar-refractivity contribution is -0.141. The van der Waals surface area contributed by atoms with Crippen molar-refractivity contribution >= 4 is 47.2 Å². The van der Waals surface area contributed by atoms with Crippen LogP contribution in [-0.2, 0) is 19.1 Å². The third kappa shape index (κ3) is 6.69. The SMILES string of the molecule is C=C(O[C]=O)C(=O)OCC(Cl)(Cl)Cl. The zero-order chi connectivity index (χ0) is 10.5. The minimum absolute atomic E-state index is 0.461. The van der Waals surface area contributed by atoms with Crippen LogP contribution in [0.5, 0.6) is 0 Å². The Bertz CT molecular complexity index is 220. The van der Waals surface area contributed by atoms with Gasteiger partial charge in [0, 0.05) is 0 Å². The molecule has 0 saturated heterocycles. The predicted octanol–water partition coefficient (Wildman–Crippen LogP) is 1.50. The van der Waals surface area contributed by atoms with Crippen molar-refractivity contribution in [2.45, 2.75) is 3.79 Å². The number of hydrogen-bond donors (Lipinski definition) is 0. The number of esters is 1. The van der Waals surface area contributed by atoms with Gasteiger partial charge in [0.1, 0.15) is 6.61 Å². The predicted molar refractivity (Wildman–Crippen MR) is 47.2 cm³/mol. The van der Waals surface area contributed by atoms with Crippen molar-refractivity contribution in [3.8, 4) is 0 Å². The highest BCUT2D eigenvalue weighted by atomic mass is 35.6. The van der Waals surface area contributed by atoms with Crippen LogP contribution in [0.4, 0.5) is 0 Å². The third-order valence-electron chi connectivity index (χ3n) is 0.759. The van der Waals surface area contributed by atoms with E-state index in [-0.39, 0.29) is 0 Å². The van der Waals surface area contributed by atoms with Gasteiger partial charge in [0.2, 0.25) is 9.55 Å². The Hall–Kier alpha value is -0.450. The van der Waals surface area contributed by atoms with Crippen LogP contribution in [0.2, 0.25) is 0 Å². The van der Waals surface area contributed by atoms with Crippen LogP contribution in [0, 0.1) is 0 Å². The van der Waals surface area contributed by atoms with Crippen molar-refractivity contribution in [2.75, 3.05) is 6.61 Å². The van der Waals surface area contributed by atoms with Crippen LogP contribution in [-0.4, -0.2) is 22.8 Å². The highest BCUT2D eigenvalue weighted by Gasteiger charge is 2.23. The molecule has 0 aliphatic heterocycles. The number of carbonyl (C=O) groups is 1. The first kappa shape index (κ1) is 12.6. The van der Waals surface area contributed by atoms with Gasteiger partial charge in [-0.05, 0) is 6.58 Å². The van der Waals surface area contributed by atoms with Crippen LogP contribution in [0.15, 0.2) is 12.3 Å². The van der Waals surface area contributed by atoms with Crippen molar-refractivity contribution in [1.82, 2.24) is 0 Å². The quantitative estimate of drug-likeness (QED) is 0.326. The van der Waals surface area contributed by atoms with E-state index in [1.807, 2.05) is 0 Å². The van der Waals surface area contributed by atoms with Gasteiger partial charge in [0.25, 0.3) is 0 Å². The summed E-state index contributed by atoms with van der Waals surface area (Å²) < 4.78 is 6.64. The van der Waals surface area contributed by atoms with Gasteiger partial charge in [-0.3, -0.25) is 0 Å². The molecule has 73 valence electrons. The van der Waals surface area contributed by atoms with Gasteiger partial charge in [-0.1, -0.05) is 34.8 Å². The molecule has 0 amide bonds. The summed E-state index contributed by atoms with van der Waals surface area (Å²) in [4.78, 5) is 20.4. The second-order valence-electron chi connectivity index (χ2n) is 1.80. The van der Waals surface area contributed by atoms with E-state index in [4.69, 9.17) is 34.8 Å². The minimum Gasteiger partial charge on any atom is -0.455 e. The van der Waals surface area contributed by atoms with Crippen LogP contribution >= 0.6 is 34.8 Å². The maximum absolute atomic E-state index is 10.8. The topological polar surface area (TPSA) is 52.6 Å². The van der Waals surface area contributed by atoms with E-state index in [1.54, 1.807) is 0 Å². The molecule has 0 aliphatic rings. The van der Waals surface area contributed by atoms with Gasteiger partial charge in [-0.15, -0.1) is 0 Å². The molecule has 0 rings (SSSR count). The van der Waals surface area contributed by atoms with Gasteiger partial charge in [0.05, 0.1) is 0 Å². The summed E-state index contributed by atoms with van der Waals surface area (Å²) in [6.07, 6.45) is 0. The average molecular weight is 246 g/mol. The van der Waals surface area contributed by atoms with E-state index in [2.05, 4.69) is 16.1 Å². The summed E-state index contributed by atoms with van der Waals surface area (Å²) in [6, 6.07) is 0. The van der Waals surface area contributed by atoms with Crippen molar-refractivity contribution in [1.29, 1.82) is 0 Å². The number of alkyl halides is 3. The molecular formula is C6H4Cl3O4. The van der Waals surface area contributed by atoms with Crippen LogP contribution in [0.3, 0.4) is 0 Å². The highest BCUT2D eigenvalue weighted by molar-refractivity contribution is 6.67. The second kappa shape index (κ2) is 5.32. The number of rotatable bonds is 4. The van der Waals surface area contributed by atoms with Gasteiger partial charge >= 0.3 is 12.4 Å². The van der Waals surface area contributed by atoms with Gasteiger partial charge < -0.3 is 9.47 Å². The summed E-state index contributed by atoms with van der Waals surface area (Å²) in [6.45, 7) is 3.59. The number of halogens is 3. The Labute approximate surface area is 89.3 Å².